The second-order valence-corrected chi connectivity index (χ2v) is 5.00. The van der Waals surface area contributed by atoms with Crippen molar-refractivity contribution in [1.82, 2.24) is 10.1 Å². The summed E-state index contributed by atoms with van der Waals surface area (Å²) in [6.45, 7) is 8.49. The Hall–Kier alpha value is -1.40. The molecule has 18 heavy (non-hydrogen) atoms. The molecular weight excluding hydrogens is 234 g/mol. The van der Waals surface area contributed by atoms with E-state index in [1.807, 2.05) is 11.8 Å². The highest BCUT2D eigenvalue weighted by Gasteiger charge is 2.19. The zero-order chi connectivity index (χ0) is 13.8. The second kappa shape index (κ2) is 5.97. The molecule has 1 rings (SSSR count). The van der Waals surface area contributed by atoms with Crippen LogP contribution in [0.5, 0.6) is 0 Å². The summed E-state index contributed by atoms with van der Waals surface area (Å²) in [6.07, 6.45) is 0. The molecule has 0 unspecified atom stereocenters. The quantitative estimate of drug-likeness (QED) is 0.793. The van der Waals surface area contributed by atoms with Gasteiger partial charge in [-0.05, 0) is 27.3 Å². The first-order valence-corrected chi connectivity index (χ1v) is 5.98. The van der Waals surface area contributed by atoms with Crippen LogP contribution in [0.15, 0.2) is 10.6 Å². The first kappa shape index (κ1) is 14.7. The Bertz CT molecular complexity index is 396. The number of nitrogens with zero attached hydrogens (tertiary/aromatic N) is 2. The van der Waals surface area contributed by atoms with Crippen LogP contribution in [-0.2, 0) is 4.79 Å². The topological polar surface area (TPSA) is 78.6 Å². The summed E-state index contributed by atoms with van der Waals surface area (Å²) in [5.41, 5.74) is -0.104. The fourth-order valence-electron chi connectivity index (χ4n) is 1.63. The van der Waals surface area contributed by atoms with E-state index in [4.69, 9.17) is 4.52 Å². The molecule has 0 aliphatic rings. The highest BCUT2D eigenvalue weighted by molar-refractivity contribution is 5.90. The van der Waals surface area contributed by atoms with E-state index < -0.39 is 5.60 Å². The Labute approximate surface area is 107 Å². The van der Waals surface area contributed by atoms with Crippen LogP contribution in [-0.4, -0.2) is 46.3 Å². The van der Waals surface area contributed by atoms with Gasteiger partial charge in [0.2, 0.25) is 11.8 Å². The normalized spacial score (nSPS) is 11.9. The predicted molar refractivity (Wildman–Crippen MR) is 68.3 cm³/mol. The number of amides is 1. The third-order valence-electron chi connectivity index (χ3n) is 2.32. The van der Waals surface area contributed by atoms with Crippen molar-refractivity contribution in [3.05, 3.63) is 11.8 Å². The monoisotopic (exact) mass is 255 g/mol. The number of aromatic nitrogens is 1. The first-order chi connectivity index (χ1) is 8.30. The van der Waals surface area contributed by atoms with Crippen molar-refractivity contribution in [2.45, 2.75) is 33.3 Å². The summed E-state index contributed by atoms with van der Waals surface area (Å²) < 4.78 is 4.90. The maximum absolute atomic E-state index is 11.8. The van der Waals surface area contributed by atoms with E-state index in [1.54, 1.807) is 26.8 Å². The molecule has 0 aliphatic carbocycles. The molecule has 0 saturated carbocycles. The molecule has 6 heteroatoms. The highest BCUT2D eigenvalue weighted by atomic mass is 16.5. The molecule has 2 N–H and O–H groups in total. The molecule has 0 spiro atoms. The smallest absolute Gasteiger partial charge is 0.240 e. The van der Waals surface area contributed by atoms with Crippen molar-refractivity contribution in [1.29, 1.82) is 0 Å². The van der Waals surface area contributed by atoms with Gasteiger partial charge in [0.1, 0.15) is 0 Å². The summed E-state index contributed by atoms with van der Waals surface area (Å²) in [4.78, 5) is 13.6. The lowest BCUT2D eigenvalue weighted by molar-refractivity contribution is -0.118. The maximum Gasteiger partial charge on any atom is 0.240 e. The van der Waals surface area contributed by atoms with E-state index in [1.165, 1.54) is 0 Å². The summed E-state index contributed by atoms with van der Waals surface area (Å²) in [5.74, 6) is 0.161. The lowest BCUT2D eigenvalue weighted by atomic mass is 10.1. The van der Waals surface area contributed by atoms with Crippen LogP contribution in [0.3, 0.4) is 0 Å². The molecule has 0 aromatic carbocycles. The molecule has 1 heterocycles. The Morgan fingerprint density at radius 3 is 2.72 bits per heavy atom. The van der Waals surface area contributed by atoms with E-state index in [0.717, 1.165) is 0 Å². The molecular formula is C12H21N3O3. The van der Waals surface area contributed by atoms with Crippen LogP contribution < -0.4 is 5.32 Å². The van der Waals surface area contributed by atoms with Gasteiger partial charge in [-0.15, -0.1) is 0 Å². The van der Waals surface area contributed by atoms with E-state index in [9.17, 15) is 9.90 Å². The number of carbonyl (C=O) groups excluding carboxylic acids is 1. The van der Waals surface area contributed by atoms with Gasteiger partial charge in [-0.2, -0.15) is 0 Å². The van der Waals surface area contributed by atoms with Crippen LogP contribution in [0.25, 0.3) is 0 Å². The summed E-state index contributed by atoms with van der Waals surface area (Å²) in [5, 5.41) is 16.0. The van der Waals surface area contributed by atoms with E-state index in [-0.39, 0.29) is 12.5 Å². The number of nitrogens with one attached hydrogen (secondary N) is 1. The highest BCUT2D eigenvalue weighted by Crippen LogP contribution is 2.09. The number of aliphatic hydroxyl groups is 1. The Morgan fingerprint density at radius 2 is 2.28 bits per heavy atom. The summed E-state index contributed by atoms with van der Waals surface area (Å²) in [6, 6.07) is 1.66. The zero-order valence-corrected chi connectivity index (χ0v) is 11.4. The van der Waals surface area contributed by atoms with Gasteiger partial charge in [-0.25, -0.2) is 0 Å². The first-order valence-electron chi connectivity index (χ1n) is 5.98. The van der Waals surface area contributed by atoms with Crippen molar-refractivity contribution in [2.24, 2.45) is 0 Å². The predicted octanol–water partition coefficient (Wildman–Crippen LogP) is 1.01. The number of rotatable bonds is 6. The standard InChI is InChI=1S/C12H21N3O3/c1-5-15(8-12(3,4)17)7-10(16)13-11-6-9(2)14-18-11/h6,17H,5,7-8H2,1-4H3,(H,13,16). The molecule has 0 aliphatic heterocycles. The lowest BCUT2D eigenvalue weighted by Crippen LogP contribution is -2.42. The number of aryl methyl sites for hydroxylation is 1. The van der Waals surface area contributed by atoms with E-state index in [0.29, 0.717) is 24.7 Å². The van der Waals surface area contributed by atoms with Crippen LogP contribution in [0.4, 0.5) is 5.88 Å². The van der Waals surface area contributed by atoms with Gasteiger partial charge in [-0.3, -0.25) is 15.0 Å². The molecule has 0 atom stereocenters. The van der Waals surface area contributed by atoms with Crippen molar-refractivity contribution >= 4 is 11.8 Å². The van der Waals surface area contributed by atoms with Gasteiger partial charge in [0.05, 0.1) is 17.8 Å². The molecule has 0 saturated heterocycles. The number of carbonyl (C=O) groups is 1. The molecule has 6 nitrogen and oxygen atoms in total. The van der Waals surface area contributed by atoms with Crippen LogP contribution >= 0.6 is 0 Å². The Kier molecular flexibility index (Phi) is 4.86. The lowest BCUT2D eigenvalue weighted by Gasteiger charge is -2.27. The number of likely N-dealkylation sites (N-methyl/N-ethyl adjacent to an activating group) is 1. The number of anilines is 1. The third-order valence-corrected chi connectivity index (χ3v) is 2.32. The fourth-order valence-corrected chi connectivity index (χ4v) is 1.63. The van der Waals surface area contributed by atoms with Crippen LogP contribution in [0.2, 0.25) is 0 Å². The van der Waals surface area contributed by atoms with Crippen molar-refractivity contribution in [2.75, 3.05) is 25.0 Å². The molecule has 0 bridgehead atoms. The minimum absolute atomic E-state index is 0.183. The van der Waals surface area contributed by atoms with Gasteiger partial charge in [-0.1, -0.05) is 12.1 Å². The van der Waals surface area contributed by atoms with Crippen LogP contribution in [0, 0.1) is 6.92 Å². The number of hydrogen-bond acceptors (Lipinski definition) is 5. The molecule has 1 aromatic rings. The van der Waals surface area contributed by atoms with E-state index in [2.05, 4.69) is 10.5 Å². The molecule has 0 radical (unpaired) electrons. The van der Waals surface area contributed by atoms with Gasteiger partial charge in [0, 0.05) is 12.6 Å². The summed E-state index contributed by atoms with van der Waals surface area (Å²) >= 11 is 0. The minimum atomic E-state index is -0.820. The third kappa shape index (κ3) is 5.29. The SMILES string of the molecule is CCN(CC(=O)Nc1cc(C)no1)CC(C)(C)O. The van der Waals surface area contributed by atoms with Crippen molar-refractivity contribution < 1.29 is 14.4 Å². The Balaban J connectivity index is 2.47. The second-order valence-electron chi connectivity index (χ2n) is 5.00. The van der Waals surface area contributed by atoms with Gasteiger partial charge >= 0.3 is 0 Å². The summed E-state index contributed by atoms with van der Waals surface area (Å²) in [7, 11) is 0. The molecule has 102 valence electrons. The minimum Gasteiger partial charge on any atom is -0.389 e. The van der Waals surface area contributed by atoms with Gasteiger partial charge in [0.15, 0.2) is 0 Å². The van der Waals surface area contributed by atoms with Crippen LogP contribution in [0.1, 0.15) is 26.5 Å². The molecule has 0 fully saturated rings. The largest absolute Gasteiger partial charge is 0.389 e. The maximum atomic E-state index is 11.8. The Morgan fingerprint density at radius 1 is 1.61 bits per heavy atom. The number of hydrogen-bond donors (Lipinski definition) is 2. The van der Waals surface area contributed by atoms with Crippen molar-refractivity contribution in [3.8, 4) is 0 Å². The molecule has 1 amide bonds. The molecule has 1 aromatic heterocycles. The average Bonchev–Trinajstić information content (AvgIpc) is 2.60. The van der Waals surface area contributed by atoms with Gasteiger partial charge < -0.3 is 9.63 Å². The van der Waals surface area contributed by atoms with Gasteiger partial charge in [0.25, 0.3) is 0 Å². The average molecular weight is 255 g/mol. The van der Waals surface area contributed by atoms with E-state index >= 15 is 0 Å². The fraction of sp³-hybridized carbons (Fsp3) is 0.667. The zero-order valence-electron chi connectivity index (χ0n) is 11.4. The van der Waals surface area contributed by atoms with Crippen molar-refractivity contribution in [3.63, 3.8) is 0 Å².